The lowest BCUT2D eigenvalue weighted by molar-refractivity contribution is -0.142. The number of rotatable bonds is 9. The van der Waals surface area contributed by atoms with E-state index in [1.54, 1.807) is 24.6 Å². The molecule has 2 aromatic heterocycles. The van der Waals surface area contributed by atoms with Crippen molar-refractivity contribution in [2.24, 2.45) is 11.8 Å². The molecule has 5 rings (SSSR count). The summed E-state index contributed by atoms with van der Waals surface area (Å²) in [6.45, 7) is 8.51. The van der Waals surface area contributed by atoms with Gasteiger partial charge in [-0.15, -0.1) is 11.3 Å². The summed E-state index contributed by atoms with van der Waals surface area (Å²) in [5.41, 5.74) is 3.28. The minimum atomic E-state index is -0.743. The number of piperidine rings is 2. The van der Waals surface area contributed by atoms with E-state index in [4.69, 9.17) is 9.72 Å². The summed E-state index contributed by atoms with van der Waals surface area (Å²) < 4.78 is 5.58. The summed E-state index contributed by atoms with van der Waals surface area (Å²) in [6, 6.07) is 6.15. The van der Waals surface area contributed by atoms with E-state index in [2.05, 4.69) is 27.9 Å². The van der Waals surface area contributed by atoms with Crippen LogP contribution in [0, 0.1) is 18.8 Å². The number of carboxylic acid groups (broad SMARTS) is 1. The van der Waals surface area contributed by atoms with Crippen molar-refractivity contribution in [3.8, 4) is 17.0 Å². The van der Waals surface area contributed by atoms with Crippen molar-refractivity contribution < 1.29 is 19.4 Å². The molecule has 0 amide bonds. The number of aryl methyl sites for hydroxylation is 1. The largest absolute Gasteiger partial charge is 0.496 e. The Morgan fingerprint density at radius 3 is 2.60 bits per heavy atom. The molecule has 2 fully saturated rings. The molecule has 1 atom stereocenters. The molecule has 3 aromatic rings. The topological polar surface area (TPSA) is 109 Å². The monoisotopic (exact) mass is 563 g/mol. The fourth-order valence-electron chi connectivity index (χ4n) is 5.62. The Morgan fingerprint density at radius 2 is 1.93 bits per heavy atom. The molecule has 0 saturated carbocycles. The van der Waals surface area contributed by atoms with Crippen LogP contribution in [0.15, 0.2) is 30.6 Å². The zero-order chi connectivity index (χ0) is 28.2. The number of hydrogen-bond acceptors (Lipinski definition) is 9. The molecule has 40 heavy (non-hydrogen) atoms. The zero-order valence-electron chi connectivity index (χ0n) is 23.4. The molecule has 0 unspecified atom stereocenters. The molecule has 0 aliphatic carbocycles. The van der Waals surface area contributed by atoms with Gasteiger partial charge < -0.3 is 14.7 Å². The van der Waals surface area contributed by atoms with Crippen molar-refractivity contribution in [3.05, 3.63) is 51.7 Å². The third-order valence-corrected chi connectivity index (χ3v) is 8.98. The smallest absolute Gasteiger partial charge is 0.306 e. The first-order valence-electron chi connectivity index (χ1n) is 14.0. The van der Waals surface area contributed by atoms with Gasteiger partial charge in [-0.05, 0) is 56.7 Å². The summed E-state index contributed by atoms with van der Waals surface area (Å²) in [5.74, 6) is 0.996. The maximum Gasteiger partial charge on any atom is 0.306 e. The summed E-state index contributed by atoms with van der Waals surface area (Å²) in [4.78, 5) is 44.0. The summed E-state index contributed by atoms with van der Waals surface area (Å²) in [5, 5.41) is 9.99. The number of nitrogens with zero attached hydrogens (tertiary/aromatic N) is 5. The molecular formula is C30H37N5O4S. The number of benzene rings is 1. The van der Waals surface area contributed by atoms with Crippen molar-refractivity contribution in [1.29, 1.82) is 0 Å². The number of hydrogen-bond donors (Lipinski definition) is 1. The van der Waals surface area contributed by atoms with E-state index < -0.39 is 5.97 Å². The third-order valence-electron chi connectivity index (χ3n) is 7.94. The lowest BCUT2D eigenvalue weighted by Gasteiger charge is -2.30. The van der Waals surface area contributed by atoms with Crippen molar-refractivity contribution >= 4 is 28.9 Å². The van der Waals surface area contributed by atoms with Crippen LogP contribution in [0.2, 0.25) is 0 Å². The average molecular weight is 564 g/mol. The van der Waals surface area contributed by atoms with E-state index in [0.29, 0.717) is 43.4 Å². The van der Waals surface area contributed by atoms with Gasteiger partial charge in [-0.2, -0.15) is 0 Å². The quantitative estimate of drug-likeness (QED) is 0.365. The van der Waals surface area contributed by atoms with Gasteiger partial charge in [0.05, 0.1) is 37.5 Å². The van der Waals surface area contributed by atoms with Gasteiger partial charge in [-0.25, -0.2) is 15.0 Å². The number of methoxy groups -OCH3 is 1. The second-order valence-electron chi connectivity index (χ2n) is 11.0. The first kappa shape index (κ1) is 28.2. The predicted octanol–water partition coefficient (Wildman–Crippen LogP) is 4.88. The number of aliphatic carboxylic acids is 1. The van der Waals surface area contributed by atoms with Crippen LogP contribution in [-0.2, 0) is 17.8 Å². The number of Topliss-reactive ketones (excluding diaryl/α,β-unsaturated/α-hetero) is 1. The highest BCUT2D eigenvalue weighted by Gasteiger charge is 2.26. The number of ketones is 1. The number of anilines is 1. The van der Waals surface area contributed by atoms with Gasteiger partial charge in [-0.3, -0.25) is 14.5 Å². The first-order chi connectivity index (χ1) is 19.3. The number of carboxylic acids is 1. The normalized spacial score (nSPS) is 18.6. The van der Waals surface area contributed by atoms with Gasteiger partial charge in [0.25, 0.3) is 0 Å². The molecular weight excluding hydrogens is 526 g/mol. The fourth-order valence-corrected chi connectivity index (χ4v) is 6.75. The van der Waals surface area contributed by atoms with Crippen LogP contribution in [-0.4, -0.2) is 70.0 Å². The SMILES string of the molecule is COc1cc(-c2nc(CC(=O)c3cnc(N4CCC(C(=O)O)CC4)cn3)sc2CN2CCC[C@H](C)C2)ccc1C. The van der Waals surface area contributed by atoms with Crippen LogP contribution in [0.3, 0.4) is 0 Å². The van der Waals surface area contributed by atoms with Crippen molar-refractivity contribution in [3.63, 3.8) is 0 Å². The average Bonchev–Trinajstić information content (AvgIpc) is 3.35. The fraction of sp³-hybridized carbons (Fsp3) is 0.500. The number of likely N-dealkylation sites (tertiary alicyclic amines) is 1. The summed E-state index contributed by atoms with van der Waals surface area (Å²) in [7, 11) is 1.68. The van der Waals surface area contributed by atoms with Gasteiger partial charge in [0, 0.05) is 36.6 Å². The number of ether oxygens (including phenoxy) is 1. The highest BCUT2D eigenvalue weighted by molar-refractivity contribution is 7.12. The van der Waals surface area contributed by atoms with E-state index in [-0.39, 0.29) is 18.1 Å². The van der Waals surface area contributed by atoms with Crippen LogP contribution in [0.4, 0.5) is 5.82 Å². The van der Waals surface area contributed by atoms with Crippen LogP contribution in [0.1, 0.15) is 58.5 Å². The summed E-state index contributed by atoms with van der Waals surface area (Å²) >= 11 is 1.60. The Morgan fingerprint density at radius 1 is 1.12 bits per heavy atom. The molecule has 1 aromatic carbocycles. The van der Waals surface area contributed by atoms with Gasteiger partial charge >= 0.3 is 5.97 Å². The lowest BCUT2D eigenvalue weighted by atomic mass is 9.97. The molecule has 9 nitrogen and oxygen atoms in total. The van der Waals surface area contributed by atoms with E-state index in [0.717, 1.165) is 52.1 Å². The van der Waals surface area contributed by atoms with Crippen molar-refractivity contribution in [1.82, 2.24) is 19.9 Å². The Labute approximate surface area is 239 Å². The van der Waals surface area contributed by atoms with Crippen LogP contribution >= 0.6 is 11.3 Å². The molecule has 0 spiro atoms. The molecule has 10 heteroatoms. The van der Waals surface area contributed by atoms with Crippen LogP contribution in [0.25, 0.3) is 11.3 Å². The molecule has 2 aliphatic rings. The third kappa shape index (κ3) is 6.50. The van der Waals surface area contributed by atoms with Gasteiger partial charge in [0.1, 0.15) is 22.3 Å². The van der Waals surface area contributed by atoms with Gasteiger partial charge in [0.15, 0.2) is 5.78 Å². The standard InChI is InChI=1S/C30H37N5O4S/c1-19-5-4-10-34(17-19)18-26-29(22-7-6-20(2)25(13-22)39-3)33-28(40-26)14-24(36)23-15-32-27(16-31-23)35-11-8-21(9-12-35)30(37)38/h6-7,13,15-16,19,21H,4-5,8-12,14,17-18H2,1-3H3,(H,37,38)/t19-/m0/s1. The van der Waals surface area contributed by atoms with E-state index in [9.17, 15) is 14.7 Å². The number of thiazole rings is 1. The molecule has 1 N–H and O–H groups in total. The van der Waals surface area contributed by atoms with E-state index >= 15 is 0 Å². The molecule has 2 aliphatic heterocycles. The Bertz CT molecular complexity index is 1350. The molecule has 2 saturated heterocycles. The molecule has 4 heterocycles. The number of carbonyl (C=O) groups is 2. The maximum atomic E-state index is 13.2. The van der Waals surface area contributed by atoms with Crippen LogP contribution in [0.5, 0.6) is 5.75 Å². The minimum absolute atomic E-state index is 0.122. The Balaban J connectivity index is 1.32. The van der Waals surface area contributed by atoms with Gasteiger partial charge in [0.2, 0.25) is 0 Å². The highest BCUT2D eigenvalue weighted by atomic mass is 32.1. The number of carbonyl (C=O) groups excluding carboxylic acids is 1. The highest BCUT2D eigenvalue weighted by Crippen LogP contribution is 2.34. The molecule has 212 valence electrons. The Hall–Kier alpha value is -3.37. The molecule has 0 radical (unpaired) electrons. The lowest BCUT2D eigenvalue weighted by Crippen LogP contribution is -2.36. The number of aromatic nitrogens is 3. The van der Waals surface area contributed by atoms with E-state index in [1.807, 2.05) is 24.0 Å². The van der Waals surface area contributed by atoms with Crippen LogP contribution < -0.4 is 9.64 Å². The summed E-state index contributed by atoms with van der Waals surface area (Å²) in [6.07, 6.45) is 6.92. The van der Waals surface area contributed by atoms with Crippen molar-refractivity contribution in [2.45, 2.75) is 52.5 Å². The molecule has 0 bridgehead atoms. The minimum Gasteiger partial charge on any atom is -0.496 e. The first-order valence-corrected chi connectivity index (χ1v) is 14.8. The second-order valence-corrected chi connectivity index (χ2v) is 12.2. The van der Waals surface area contributed by atoms with Gasteiger partial charge in [-0.1, -0.05) is 19.1 Å². The second kappa shape index (κ2) is 12.4. The van der Waals surface area contributed by atoms with E-state index in [1.165, 1.54) is 19.0 Å². The Kier molecular flexibility index (Phi) is 8.75. The maximum absolute atomic E-state index is 13.2. The van der Waals surface area contributed by atoms with Crippen molar-refractivity contribution in [2.75, 3.05) is 38.2 Å². The zero-order valence-corrected chi connectivity index (χ0v) is 24.2. The predicted molar refractivity (Wildman–Crippen MR) is 155 cm³/mol.